The quantitative estimate of drug-likeness (QED) is 0.523. The SMILES string of the molecule is Cc1nc2ncnn2c(C)c1CC(=O)OCC(=O)c1cccs1. The van der Waals surface area contributed by atoms with Crippen LogP contribution >= 0.6 is 11.3 Å². The van der Waals surface area contributed by atoms with Crippen LogP contribution in [-0.2, 0) is 16.0 Å². The topological polar surface area (TPSA) is 86.4 Å². The van der Waals surface area contributed by atoms with Gasteiger partial charge in [0.25, 0.3) is 5.78 Å². The third-order valence-electron chi connectivity index (χ3n) is 3.47. The monoisotopic (exact) mass is 330 g/mol. The Hall–Kier alpha value is -2.61. The van der Waals surface area contributed by atoms with Gasteiger partial charge in [-0.25, -0.2) is 9.50 Å². The molecule has 118 valence electrons. The number of carbonyl (C=O) groups excluding carboxylic acids is 2. The van der Waals surface area contributed by atoms with E-state index in [1.54, 1.807) is 29.0 Å². The van der Waals surface area contributed by atoms with Gasteiger partial charge in [0.2, 0.25) is 5.78 Å². The number of ether oxygens (including phenoxy) is 1. The highest BCUT2D eigenvalue weighted by atomic mass is 32.1. The molecule has 0 N–H and O–H groups in total. The molecular weight excluding hydrogens is 316 g/mol. The highest BCUT2D eigenvalue weighted by molar-refractivity contribution is 7.12. The summed E-state index contributed by atoms with van der Waals surface area (Å²) >= 11 is 1.32. The molecule has 0 bridgehead atoms. The van der Waals surface area contributed by atoms with Crippen molar-refractivity contribution in [3.8, 4) is 0 Å². The second-order valence-corrected chi connectivity index (χ2v) is 5.92. The summed E-state index contributed by atoms with van der Waals surface area (Å²) in [5.41, 5.74) is 2.22. The molecule has 0 aliphatic heterocycles. The predicted molar refractivity (Wildman–Crippen MR) is 83.6 cm³/mol. The van der Waals surface area contributed by atoms with Crippen molar-refractivity contribution >= 4 is 28.9 Å². The maximum atomic E-state index is 12.0. The van der Waals surface area contributed by atoms with Crippen molar-refractivity contribution in [1.82, 2.24) is 19.6 Å². The fourth-order valence-corrected chi connectivity index (χ4v) is 2.91. The molecule has 0 fully saturated rings. The Balaban J connectivity index is 1.69. The van der Waals surface area contributed by atoms with E-state index in [0.717, 1.165) is 11.3 Å². The van der Waals surface area contributed by atoms with Crippen molar-refractivity contribution in [1.29, 1.82) is 0 Å². The van der Waals surface area contributed by atoms with Crippen LogP contribution in [0.3, 0.4) is 0 Å². The molecule has 0 aliphatic carbocycles. The zero-order valence-corrected chi connectivity index (χ0v) is 13.5. The molecule has 0 amide bonds. The van der Waals surface area contributed by atoms with Crippen LogP contribution in [0.25, 0.3) is 5.78 Å². The van der Waals surface area contributed by atoms with E-state index in [0.29, 0.717) is 16.3 Å². The van der Waals surface area contributed by atoms with E-state index < -0.39 is 5.97 Å². The molecule has 3 aromatic heterocycles. The Bertz CT molecular complexity index is 870. The summed E-state index contributed by atoms with van der Waals surface area (Å²) in [5.74, 6) is -0.181. The van der Waals surface area contributed by atoms with Crippen LogP contribution < -0.4 is 0 Å². The Labute approximate surface area is 136 Å². The van der Waals surface area contributed by atoms with Crippen molar-refractivity contribution in [2.24, 2.45) is 0 Å². The average molecular weight is 330 g/mol. The van der Waals surface area contributed by atoms with Crippen LogP contribution in [0.5, 0.6) is 0 Å². The molecule has 3 rings (SSSR count). The standard InChI is InChI=1S/C15H14N4O3S/c1-9-11(10(2)19-15(18-9)16-8-17-19)6-14(21)22-7-12(20)13-4-3-5-23-13/h3-5,8H,6-7H2,1-2H3. The molecule has 7 nitrogen and oxygen atoms in total. The van der Waals surface area contributed by atoms with Crippen molar-refractivity contribution < 1.29 is 14.3 Å². The normalized spacial score (nSPS) is 10.9. The summed E-state index contributed by atoms with van der Waals surface area (Å²) in [5, 5.41) is 5.88. The van der Waals surface area contributed by atoms with E-state index in [1.165, 1.54) is 17.7 Å². The number of hydrogen-bond acceptors (Lipinski definition) is 7. The zero-order valence-electron chi connectivity index (χ0n) is 12.6. The Morgan fingerprint density at radius 2 is 2.17 bits per heavy atom. The Morgan fingerprint density at radius 1 is 1.35 bits per heavy atom. The maximum absolute atomic E-state index is 12.0. The smallest absolute Gasteiger partial charge is 0.310 e. The van der Waals surface area contributed by atoms with Gasteiger partial charge in [0.1, 0.15) is 6.33 Å². The number of aromatic nitrogens is 4. The number of nitrogens with zero attached hydrogens (tertiary/aromatic N) is 4. The van der Waals surface area contributed by atoms with Gasteiger partial charge in [-0.1, -0.05) is 6.07 Å². The van der Waals surface area contributed by atoms with Crippen molar-refractivity contribution in [2.45, 2.75) is 20.3 Å². The molecule has 3 aromatic rings. The van der Waals surface area contributed by atoms with Gasteiger partial charge < -0.3 is 4.74 Å². The van der Waals surface area contributed by atoms with Gasteiger partial charge in [0, 0.05) is 17.0 Å². The third-order valence-corrected chi connectivity index (χ3v) is 4.38. The molecule has 0 saturated heterocycles. The van der Waals surface area contributed by atoms with Crippen LogP contribution in [0, 0.1) is 13.8 Å². The number of ketones is 1. The van der Waals surface area contributed by atoms with Crippen molar-refractivity contribution in [3.05, 3.63) is 45.7 Å². The lowest BCUT2D eigenvalue weighted by atomic mass is 10.1. The zero-order chi connectivity index (χ0) is 16.4. The van der Waals surface area contributed by atoms with Gasteiger partial charge in [0.05, 0.1) is 11.3 Å². The lowest BCUT2D eigenvalue weighted by molar-refractivity contribution is -0.141. The van der Waals surface area contributed by atoms with Crippen molar-refractivity contribution in [3.63, 3.8) is 0 Å². The van der Waals surface area contributed by atoms with Crippen molar-refractivity contribution in [2.75, 3.05) is 6.61 Å². The Morgan fingerprint density at radius 3 is 2.91 bits per heavy atom. The van der Waals surface area contributed by atoms with E-state index in [1.807, 2.05) is 6.92 Å². The van der Waals surface area contributed by atoms with Gasteiger partial charge in [-0.05, 0) is 25.3 Å². The molecule has 0 radical (unpaired) electrons. The number of hydrogen-bond donors (Lipinski definition) is 0. The highest BCUT2D eigenvalue weighted by Crippen LogP contribution is 2.14. The molecule has 0 aliphatic rings. The lowest BCUT2D eigenvalue weighted by Crippen LogP contribution is -2.17. The molecule has 0 spiro atoms. The molecule has 23 heavy (non-hydrogen) atoms. The minimum atomic E-state index is -0.470. The third kappa shape index (κ3) is 3.11. The second kappa shape index (κ2) is 6.25. The van der Waals surface area contributed by atoms with Gasteiger partial charge >= 0.3 is 5.97 Å². The summed E-state index contributed by atoms with van der Waals surface area (Å²) in [4.78, 5) is 32.8. The number of Topliss-reactive ketones (excluding diaryl/α,β-unsaturated/α-hetero) is 1. The first kappa shape index (κ1) is 15.3. The minimum absolute atomic E-state index is 0.0399. The van der Waals surface area contributed by atoms with E-state index in [4.69, 9.17) is 4.74 Å². The van der Waals surface area contributed by atoms with E-state index in [-0.39, 0.29) is 18.8 Å². The van der Waals surface area contributed by atoms with Gasteiger partial charge in [-0.15, -0.1) is 11.3 Å². The number of thiophene rings is 1. The Kier molecular flexibility index (Phi) is 4.16. The predicted octanol–water partition coefficient (Wildman–Crippen LogP) is 1.77. The van der Waals surface area contributed by atoms with E-state index in [2.05, 4.69) is 15.1 Å². The molecule has 0 atom stereocenters. The molecule has 3 heterocycles. The molecular formula is C15H14N4O3S. The largest absolute Gasteiger partial charge is 0.457 e. The number of esters is 1. The van der Waals surface area contributed by atoms with Crippen LogP contribution in [-0.4, -0.2) is 37.9 Å². The fourth-order valence-electron chi connectivity index (χ4n) is 2.26. The first-order valence-corrected chi connectivity index (χ1v) is 7.82. The summed E-state index contributed by atoms with van der Waals surface area (Å²) < 4.78 is 6.66. The van der Waals surface area contributed by atoms with E-state index in [9.17, 15) is 9.59 Å². The van der Waals surface area contributed by atoms with E-state index >= 15 is 0 Å². The molecule has 0 unspecified atom stereocenters. The molecule has 0 saturated carbocycles. The lowest BCUT2D eigenvalue weighted by Gasteiger charge is -2.10. The molecule has 0 aromatic carbocycles. The van der Waals surface area contributed by atoms with Gasteiger partial charge in [0.15, 0.2) is 6.61 Å². The first-order valence-electron chi connectivity index (χ1n) is 6.94. The number of carbonyl (C=O) groups is 2. The second-order valence-electron chi connectivity index (χ2n) is 4.97. The summed E-state index contributed by atoms with van der Waals surface area (Å²) in [7, 11) is 0. The minimum Gasteiger partial charge on any atom is -0.457 e. The van der Waals surface area contributed by atoms with Crippen LogP contribution in [0.2, 0.25) is 0 Å². The van der Waals surface area contributed by atoms with Crippen LogP contribution in [0.15, 0.2) is 23.8 Å². The summed E-state index contributed by atoms with van der Waals surface area (Å²) in [6, 6.07) is 3.49. The van der Waals surface area contributed by atoms with Crippen LogP contribution in [0.4, 0.5) is 0 Å². The highest BCUT2D eigenvalue weighted by Gasteiger charge is 2.16. The summed E-state index contributed by atoms with van der Waals surface area (Å²) in [6.45, 7) is 3.40. The average Bonchev–Trinajstić information content (AvgIpc) is 3.20. The number of fused-ring (bicyclic) bond motifs is 1. The first-order chi connectivity index (χ1) is 11.1. The number of rotatable bonds is 5. The molecule has 8 heteroatoms. The summed E-state index contributed by atoms with van der Waals surface area (Å²) in [6.07, 6.45) is 1.45. The van der Waals surface area contributed by atoms with Gasteiger partial charge in [-0.3, -0.25) is 9.59 Å². The maximum Gasteiger partial charge on any atom is 0.310 e. The number of aryl methyl sites for hydroxylation is 2. The fraction of sp³-hybridized carbons (Fsp3) is 0.267. The van der Waals surface area contributed by atoms with Gasteiger partial charge in [-0.2, -0.15) is 10.1 Å². The van der Waals surface area contributed by atoms with Crippen LogP contribution in [0.1, 0.15) is 26.6 Å².